The summed E-state index contributed by atoms with van der Waals surface area (Å²) < 4.78 is 7.10. The zero-order valence-electron chi connectivity index (χ0n) is 15.4. The summed E-state index contributed by atoms with van der Waals surface area (Å²) in [6.07, 6.45) is 0.985. The van der Waals surface area contributed by atoms with Gasteiger partial charge in [-0.1, -0.05) is 17.7 Å². The molecule has 7 nitrogen and oxygen atoms in total. The fourth-order valence-electron chi connectivity index (χ4n) is 2.85. The normalized spacial score (nSPS) is 11.9. The zero-order chi connectivity index (χ0) is 20.3. The number of nitrogens with zero attached hydrogens (tertiary/aromatic N) is 1. The van der Waals surface area contributed by atoms with Gasteiger partial charge in [-0.25, -0.2) is 0 Å². The van der Waals surface area contributed by atoms with Crippen LogP contribution in [-0.4, -0.2) is 35.1 Å². The molecule has 0 saturated carbocycles. The van der Waals surface area contributed by atoms with Gasteiger partial charge < -0.3 is 25.0 Å². The monoisotopic (exact) mass is 401 g/mol. The van der Waals surface area contributed by atoms with E-state index in [-0.39, 0.29) is 12.2 Å². The van der Waals surface area contributed by atoms with Crippen LogP contribution in [0.25, 0.3) is 10.9 Å². The number of carbonyl (C=O) groups is 2. The number of aliphatic hydroxyl groups excluding tert-OH is 1. The van der Waals surface area contributed by atoms with Crippen molar-refractivity contribution >= 4 is 40.0 Å². The third-order valence-electron chi connectivity index (χ3n) is 4.37. The summed E-state index contributed by atoms with van der Waals surface area (Å²) in [4.78, 5) is 24.2. The number of anilines is 1. The molecule has 3 aromatic rings. The maximum Gasteiger partial charge on any atom is 0.313 e. The Labute approximate surface area is 166 Å². The van der Waals surface area contributed by atoms with Gasteiger partial charge in [-0.15, -0.1) is 0 Å². The molecule has 2 aromatic carbocycles. The molecule has 0 aliphatic carbocycles. The summed E-state index contributed by atoms with van der Waals surface area (Å²) in [5.74, 6) is -1.38. The van der Waals surface area contributed by atoms with E-state index in [1.165, 1.54) is 13.2 Å². The third-order valence-corrected chi connectivity index (χ3v) is 4.60. The van der Waals surface area contributed by atoms with Gasteiger partial charge in [0.1, 0.15) is 5.75 Å². The van der Waals surface area contributed by atoms with Gasteiger partial charge in [0.15, 0.2) is 0 Å². The van der Waals surface area contributed by atoms with Crippen molar-refractivity contribution < 1.29 is 19.4 Å². The number of aliphatic hydroxyl groups is 1. The second kappa shape index (κ2) is 8.33. The average molecular weight is 402 g/mol. The van der Waals surface area contributed by atoms with E-state index in [1.54, 1.807) is 18.2 Å². The highest BCUT2D eigenvalue weighted by atomic mass is 35.5. The van der Waals surface area contributed by atoms with Crippen LogP contribution in [0.4, 0.5) is 5.69 Å². The van der Waals surface area contributed by atoms with E-state index in [9.17, 15) is 14.7 Å². The molecule has 0 fully saturated rings. The summed E-state index contributed by atoms with van der Waals surface area (Å²) in [6.45, 7) is -0.0999. The quantitative estimate of drug-likeness (QED) is 0.573. The number of ether oxygens (including phenoxy) is 1. The first-order valence-electron chi connectivity index (χ1n) is 8.55. The first kappa shape index (κ1) is 19.7. The maximum absolute atomic E-state index is 12.1. The highest BCUT2D eigenvalue weighted by Gasteiger charge is 2.18. The van der Waals surface area contributed by atoms with Gasteiger partial charge in [0.05, 0.1) is 18.9 Å². The van der Waals surface area contributed by atoms with Crippen molar-refractivity contribution in [3.05, 3.63) is 59.2 Å². The second-order valence-corrected chi connectivity index (χ2v) is 6.71. The van der Waals surface area contributed by atoms with Crippen molar-refractivity contribution in [3.63, 3.8) is 0 Å². The number of aryl methyl sites for hydroxylation is 1. The lowest BCUT2D eigenvalue weighted by molar-refractivity contribution is -0.136. The van der Waals surface area contributed by atoms with Crippen LogP contribution in [0.15, 0.2) is 48.7 Å². The first-order chi connectivity index (χ1) is 13.4. The van der Waals surface area contributed by atoms with E-state index in [0.29, 0.717) is 16.3 Å². The molecule has 1 unspecified atom stereocenters. The Morgan fingerprint density at radius 1 is 1.18 bits per heavy atom. The van der Waals surface area contributed by atoms with Crippen LogP contribution in [0.3, 0.4) is 0 Å². The number of hydrogen-bond acceptors (Lipinski definition) is 4. The largest absolute Gasteiger partial charge is 0.495 e. The van der Waals surface area contributed by atoms with E-state index in [2.05, 4.69) is 10.6 Å². The second-order valence-electron chi connectivity index (χ2n) is 6.27. The van der Waals surface area contributed by atoms with Gasteiger partial charge >= 0.3 is 11.8 Å². The summed E-state index contributed by atoms with van der Waals surface area (Å²) in [5, 5.41) is 16.6. The summed E-state index contributed by atoms with van der Waals surface area (Å²) in [7, 11) is 3.38. The standard InChI is InChI=1S/C20H20ClN3O4/c1-24-8-7-12-9-13(3-5-16(12)24)17(25)11-22-19(26)20(27)23-15-10-14(21)4-6-18(15)28-2/h3-10,17,25H,11H2,1-2H3,(H,22,26)(H,23,27). The van der Waals surface area contributed by atoms with E-state index in [0.717, 1.165) is 10.9 Å². The SMILES string of the molecule is COc1ccc(Cl)cc1NC(=O)C(=O)NCC(O)c1ccc2c(ccn2C)c1. The smallest absolute Gasteiger partial charge is 0.313 e. The van der Waals surface area contributed by atoms with Crippen molar-refractivity contribution in [1.82, 2.24) is 9.88 Å². The number of aromatic nitrogens is 1. The lowest BCUT2D eigenvalue weighted by Crippen LogP contribution is -2.37. The van der Waals surface area contributed by atoms with Crippen LogP contribution in [-0.2, 0) is 16.6 Å². The first-order valence-corrected chi connectivity index (χ1v) is 8.92. The van der Waals surface area contributed by atoms with Gasteiger partial charge in [0, 0.05) is 30.3 Å². The van der Waals surface area contributed by atoms with Gasteiger partial charge in [0.25, 0.3) is 0 Å². The molecule has 3 rings (SSSR count). The summed E-state index contributed by atoms with van der Waals surface area (Å²) in [6, 6.07) is 12.1. The third kappa shape index (κ3) is 4.27. The Morgan fingerprint density at radius 2 is 1.96 bits per heavy atom. The molecule has 0 aliphatic rings. The minimum absolute atomic E-state index is 0.0999. The molecular weight excluding hydrogens is 382 g/mol. The minimum atomic E-state index is -0.943. The number of benzene rings is 2. The van der Waals surface area contributed by atoms with Gasteiger partial charge in [-0.05, 0) is 47.3 Å². The van der Waals surface area contributed by atoms with Crippen LogP contribution in [0.2, 0.25) is 5.02 Å². The number of amides is 2. The number of carbonyl (C=O) groups excluding carboxylic acids is 2. The minimum Gasteiger partial charge on any atom is -0.495 e. The van der Waals surface area contributed by atoms with Gasteiger partial charge in [-0.2, -0.15) is 0 Å². The van der Waals surface area contributed by atoms with Crippen LogP contribution >= 0.6 is 11.6 Å². The number of rotatable bonds is 5. The zero-order valence-corrected chi connectivity index (χ0v) is 16.2. The number of nitrogens with one attached hydrogen (secondary N) is 2. The van der Waals surface area contributed by atoms with Crippen molar-refractivity contribution in [1.29, 1.82) is 0 Å². The predicted octanol–water partition coefficient (Wildman–Crippen LogP) is 2.63. The summed E-state index contributed by atoms with van der Waals surface area (Å²) >= 11 is 5.91. The van der Waals surface area contributed by atoms with Crippen LogP contribution < -0.4 is 15.4 Å². The number of halogens is 1. The molecule has 0 saturated heterocycles. The molecule has 0 bridgehead atoms. The lowest BCUT2D eigenvalue weighted by atomic mass is 10.1. The molecule has 0 radical (unpaired) electrons. The Kier molecular flexibility index (Phi) is 5.87. The molecule has 146 valence electrons. The van der Waals surface area contributed by atoms with Crippen molar-refractivity contribution in [2.24, 2.45) is 7.05 Å². The highest BCUT2D eigenvalue weighted by molar-refractivity contribution is 6.40. The maximum atomic E-state index is 12.1. The van der Waals surface area contributed by atoms with Crippen LogP contribution in [0.5, 0.6) is 5.75 Å². The number of fused-ring (bicyclic) bond motifs is 1. The average Bonchev–Trinajstić information content (AvgIpc) is 3.06. The number of hydrogen-bond donors (Lipinski definition) is 3. The molecular formula is C20H20ClN3O4. The predicted molar refractivity (Wildman–Crippen MR) is 108 cm³/mol. The molecule has 28 heavy (non-hydrogen) atoms. The molecule has 1 heterocycles. The molecule has 1 aromatic heterocycles. The summed E-state index contributed by atoms with van der Waals surface area (Å²) in [5.41, 5.74) is 1.97. The fourth-order valence-corrected chi connectivity index (χ4v) is 3.02. The van der Waals surface area contributed by atoms with Crippen LogP contribution in [0, 0.1) is 0 Å². The van der Waals surface area contributed by atoms with Crippen molar-refractivity contribution in [2.75, 3.05) is 19.0 Å². The molecule has 1 atom stereocenters. The molecule has 2 amide bonds. The van der Waals surface area contributed by atoms with Crippen LogP contribution in [0.1, 0.15) is 11.7 Å². The fraction of sp³-hybridized carbons (Fsp3) is 0.200. The molecule has 0 spiro atoms. The van der Waals surface area contributed by atoms with Crippen molar-refractivity contribution in [2.45, 2.75) is 6.10 Å². The molecule has 3 N–H and O–H groups in total. The van der Waals surface area contributed by atoms with E-state index < -0.39 is 17.9 Å². The van der Waals surface area contributed by atoms with Crippen molar-refractivity contribution in [3.8, 4) is 5.75 Å². The van der Waals surface area contributed by atoms with E-state index in [4.69, 9.17) is 16.3 Å². The Balaban J connectivity index is 1.61. The molecule has 0 aliphatic heterocycles. The van der Waals surface area contributed by atoms with Gasteiger partial charge in [-0.3, -0.25) is 9.59 Å². The van der Waals surface area contributed by atoms with E-state index >= 15 is 0 Å². The Morgan fingerprint density at radius 3 is 2.71 bits per heavy atom. The topological polar surface area (TPSA) is 92.6 Å². The highest BCUT2D eigenvalue weighted by Crippen LogP contribution is 2.27. The lowest BCUT2D eigenvalue weighted by Gasteiger charge is -2.13. The molecule has 8 heteroatoms. The van der Waals surface area contributed by atoms with E-state index in [1.807, 2.05) is 36.0 Å². The Hall–Kier alpha value is -3.03. The van der Waals surface area contributed by atoms with Gasteiger partial charge in [0.2, 0.25) is 0 Å². The Bertz CT molecular complexity index is 1030. The number of methoxy groups -OCH3 is 1.